The number of nitrogens with zero attached hydrogens (tertiary/aromatic N) is 3. The van der Waals surface area contributed by atoms with Crippen molar-refractivity contribution in [3.63, 3.8) is 0 Å². The van der Waals surface area contributed by atoms with E-state index in [0.717, 1.165) is 0 Å². The smallest absolute Gasteiger partial charge is 0.341 e. The minimum absolute atomic E-state index is 0.150. The normalized spacial score (nSPS) is 10.9. The van der Waals surface area contributed by atoms with Crippen molar-refractivity contribution in [2.45, 2.75) is 26.4 Å². The maximum Gasteiger partial charge on any atom is 0.341 e. The predicted molar refractivity (Wildman–Crippen MR) is 99.8 cm³/mol. The van der Waals surface area contributed by atoms with E-state index in [4.69, 9.17) is 4.42 Å². The first kappa shape index (κ1) is 18.8. The summed E-state index contributed by atoms with van der Waals surface area (Å²) in [4.78, 5) is 42.8. The zero-order valence-corrected chi connectivity index (χ0v) is 16.0. The van der Waals surface area contributed by atoms with E-state index in [2.05, 4.69) is 9.72 Å². The third-order valence-corrected chi connectivity index (χ3v) is 5.03. The first-order chi connectivity index (χ1) is 12.9. The van der Waals surface area contributed by atoms with Gasteiger partial charge in [-0.3, -0.25) is 14.2 Å². The third kappa shape index (κ3) is 3.92. The second-order valence-corrected chi connectivity index (χ2v) is 6.95. The number of esters is 1. The minimum atomic E-state index is -0.479. The van der Waals surface area contributed by atoms with Gasteiger partial charge in [0.05, 0.1) is 25.4 Å². The van der Waals surface area contributed by atoms with Gasteiger partial charge in [-0.05, 0) is 24.4 Å². The zero-order valence-electron chi connectivity index (χ0n) is 15.2. The average molecular weight is 389 g/mol. The van der Waals surface area contributed by atoms with Gasteiger partial charge < -0.3 is 14.1 Å². The van der Waals surface area contributed by atoms with Gasteiger partial charge in [0.2, 0.25) is 5.91 Å². The molecule has 0 aromatic carbocycles. The van der Waals surface area contributed by atoms with Gasteiger partial charge >= 0.3 is 5.97 Å². The lowest BCUT2D eigenvalue weighted by Gasteiger charge is -2.16. The Balaban J connectivity index is 1.63. The van der Waals surface area contributed by atoms with Crippen LogP contribution in [0.3, 0.4) is 0 Å². The minimum Gasteiger partial charge on any atom is -0.465 e. The molecule has 1 amide bonds. The molecule has 0 bridgehead atoms. The van der Waals surface area contributed by atoms with Crippen molar-refractivity contribution in [1.29, 1.82) is 0 Å². The number of aromatic nitrogens is 2. The van der Waals surface area contributed by atoms with E-state index in [0.29, 0.717) is 27.3 Å². The molecule has 9 heteroatoms. The fourth-order valence-corrected chi connectivity index (χ4v) is 3.44. The lowest BCUT2D eigenvalue weighted by Crippen LogP contribution is -2.29. The van der Waals surface area contributed by atoms with Crippen molar-refractivity contribution in [1.82, 2.24) is 14.5 Å². The van der Waals surface area contributed by atoms with Gasteiger partial charge in [-0.15, -0.1) is 11.3 Å². The van der Waals surface area contributed by atoms with E-state index in [1.165, 1.54) is 34.2 Å². The van der Waals surface area contributed by atoms with Crippen molar-refractivity contribution in [3.05, 3.63) is 51.3 Å². The molecule has 0 radical (unpaired) electrons. The van der Waals surface area contributed by atoms with Crippen LogP contribution < -0.4 is 5.56 Å². The van der Waals surface area contributed by atoms with Crippen LogP contribution in [0.25, 0.3) is 10.2 Å². The SMILES string of the molecule is COC(=O)c1cc(CN(C)C(=O)CCn2cnc3sccc3c2=O)oc1C. The van der Waals surface area contributed by atoms with Crippen LogP contribution in [0.5, 0.6) is 0 Å². The Morgan fingerprint density at radius 3 is 2.93 bits per heavy atom. The molecule has 3 aromatic heterocycles. The van der Waals surface area contributed by atoms with Crippen molar-refractivity contribution in [3.8, 4) is 0 Å². The van der Waals surface area contributed by atoms with Crippen LogP contribution in [0.1, 0.15) is 28.3 Å². The molecule has 0 aliphatic heterocycles. The first-order valence-corrected chi connectivity index (χ1v) is 9.13. The molecule has 0 unspecified atom stereocenters. The number of amides is 1. The third-order valence-electron chi connectivity index (χ3n) is 4.21. The highest BCUT2D eigenvalue weighted by Gasteiger charge is 2.18. The molecular weight excluding hydrogens is 370 g/mol. The Kier molecular flexibility index (Phi) is 5.41. The van der Waals surface area contributed by atoms with Crippen molar-refractivity contribution < 1.29 is 18.7 Å². The Morgan fingerprint density at radius 2 is 2.19 bits per heavy atom. The molecule has 142 valence electrons. The number of hydrogen-bond acceptors (Lipinski definition) is 7. The number of rotatable bonds is 6. The van der Waals surface area contributed by atoms with E-state index in [-0.39, 0.29) is 31.0 Å². The summed E-state index contributed by atoms with van der Waals surface area (Å²) in [6.45, 7) is 2.12. The van der Waals surface area contributed by atoms with E-state index in [1.54, 1.807) is 26.1 Å². The van der Waals surface area contributed by atoms with E-state index >= 15 is 0 Å². The van der Waals surface area contributed by atoms with Gasteiger partial charge in [0.1, 0.15) is 21.9 Å². The number of fused-ring (bicyclic) bond motifs is 1. The lowest BCUT2D eigenvalue weighted by molar-refractivity contribution is -0.130. The number of ether oxygens (including phenoxy) is 1. The van der Waals surface area contributed by atoms with Crippen LogP contribution in [0.2, 0.25) is 0 Å². The second kappa shape index (κ2) is 7.75. The fraction of sp³-hybridized carbons (Fsp3) is 0.333. The summed E-state index contributed by atoms with van der Waals surface area (Å²) in [6.07, 6.45) is 1.62. The molecule has 0 fully saturated rings. The highest BCUT2D eigenvalue weighted by molar-refractivity contribution is 7.16. The van der Waals surface area contributed by atoms with Crippen molar-refractivity contribution >= 4 is 33.4 Å². The van der Waals surface area contributed by atoms with Crippen molar-refractivity contribution in [2.24, 2.45) is 0 Å². The molecule has 3 heterocycles. The number of methoxy groups -OCH3 is 1. The molecule has 0 saturated heterocycles. The predicted octanol–water partition coefficient (Wildman–Crippen LogP) is 2.19. The number of carbonyl (C=O) groups is 2. The molecule has 0 saturated carbocycles. The van der Waals surface area contributed by atoms with Gasteiger partial charge in [-0.25, -0.2) is 9.78 Å². The molecular formula is C18H19N3O5S. The van der Waals surface area contributed by atoms with Crippen LogP contribution in [-0.4, -0.2) is 40.5 Å². The molecule has 0 spiro atoms. The van der Waals surface area contributed by atoms with Gasteiger partial charge in [-0.2, -0.15) is 0 Å². The monoisotopic (exact) mass is 389 g/mol. The summed E-state index contributed by atoms with van der Waals surface area (Å²) in [5, 5.41) is 2.38. The molecule has 0 aliphatic rings. The van der Waals surface area contributed by atoms with Gasteiger partial charge in [0, 0.05) is 20.0 Å². The topological polar surface area (TPSA) is 94.6 Å². The average Bonchev–Trinajstić information content (AvgIpc) is 3.27. The van der Waals surface area contributed by atoms with Crippen LogP contribution in [0.15, 0.2) is 33.1 Å². The summed E-state index contributed by atoms with van der Waals surface area (Å²) in [7, 11) is 2.94. The highest BCUT2D eigenvalue weighted by Crippen LogP contribution is 2.17. The summed E-state index contributed by atoms with van der Waals surface area (Å²) >= 11 is 1.40. The summed E-state index contributed by atoms with van der Waals surface area (Å²) in [5.74, 6) is 0.301. The lowest BCUT2D eigenvalue weighted by atomic mass is 10.2. The number of carbonyl (C=O) groups excluding carboxylic acids is 2. The zero-order chi connectivity index (χ0) is 19.6. The maximum absolute atomic E-state index is 12.4. The highest BCUT2D eigenvalue weighted by atomic mass is 32.1. The van der Waals surface area contributed by atoms with Gasteiger partial charge in [0.15, 0.2) is 0 Å². The van der Waals surface area contributed by atoms with Crippen LogP contribution in [-0.2, 0) is 22.6 Å². The van der Waals surface area contributed by atoms with Gasteiger partial charge in [-0.1, -0.05) is 0 Å². The number of aryl methyl sites for hydroxylation is 2. The van der Waals surface area contributed by atoms with Crippen molar-refractivity contribution in [2.75, 3.05) is 14.2 Å². The Hall–Kier alpha value is -2.94. The van der Waals surface area contributed by atoms with Crippen LogP contribution in [0.4, 0.5) is 0 Å². The van der Waals surface area contributed by atoms with E-state index < -0.39 is 5.97 Å². The largest absolute Gasteiger partial charge is 0.465 e. The number of hydrogen-bond donors (Lipinski definition) is 0. The fourth-order valence-electron chi connectivity index (χ4n) is 2.72. The number of furan rings is 1. The standard InChI is InChI=1S/C18H19N3O5S/c1-11-14(18(24)25-3)8-12(26-11)9-20(2)15(22)4-6-21-10-19-16-13(17(21)23)5-7-27-16/h5,7-8,10H,4,6,9H2,1-3H3. The van der Waals surface area contributed by atoms with Crippen LogP contribution >= 0.6 is 11.3 Å². The quantitative estimate of drug-likeness (QED) is 0.600. The van der Waals surface area contributed by atoms with Gasteiger partial charge in [0.25, 0.3) is 5.56 Å². The molecule has 3 rings (SSSR count). The van der Waals surface area contributed by atoms with E-state index in [9.17, 15) is 14.4 Å². The maximum atomic E-state index is 12.4. The first-order valence-electron chi connectivity index (χ1n) is 8.25. The Labute approximate surface area is 159 Å². The Bertz CT molecular complexity index is 1050. The van der Waals surface area contributed by atoms with Crippen LogP contribution in [0, 0.1) is 6.92 Å². The molecule has 0 atom stereocenters. The molecule has 0 aliphatic carbocycles. The molecule has 3 aromatic rings. The second-order valence-electron chi connectivity index (χ2n) is 6.06. The molecule has 8 nitrogen and oxygen atoms in total. The summed E-state index contributed by atoms with van der Waals surface area (Å²) in [5.41, 5.74) is 0.191. The summed E-state index contributed by atoms with van der Waals surface area (Å²) < 4.78 is 11.6. The molecule has 27 heavy (non-hydrogen) atoms. The molecule has 0 N–H and O–H groups in total. The Morgan fingerprint density at radius 1 is 1.41 bits per heavy atom. The number of thiophene rings is 1. The summed E-state index contributed by atoms with van der Waals surface area (Å²) in [6, 6.07) is 3.31. The van der Waals surface area contributed by atoms with E-state index in [1.807, 2.05) is 5.38 Å².